The van der Waals surface area contributed by atoms with E-state index in [4.69, 9.17) is 11.7 Å². The minimum absolute atomic E-state index is 0.504. The molecule has 0 radical (unpaired) electrons. The first kappa shape index (κ1) is 15.9. The van der Waals surface area contributed by atoms with Gasteiger partial charge in [0.25, 0.3) is 0 Å². The summed E-state index contributed by atoms with van der Waals surface area (Å²) >= 11 is 0. The number of nitrogens with two attached hydrogens (primary N) is 2. The lowest BCUT2D eigenvalue weighted by Gasteiger charge is -2.61. The summed E-state index contributed by atoms with van der Waals surface area (Å²) in [4.78, 5) is 5.19. The van der Waals surface area contributed by atoms with Gasteiger partial charge in [-0.1, -0.05) is 24.3 Å². The van der Waals surface area contributed by atoms with E-state index in [1.165, 1.54) is 44.3 Å². The summed E-state index contributed by atoms with van der Waals surface area (Å²) in [5, 5.41) is 3.64. The molecule has 0 aromatic heterocycles. The normalized spacial score (nSPS) is 24.0. The molecule has 4 rings (SSSR count). The minimum atomic E-state index is 0.504. The summed E-state index contributed by atoms with van der Waals surface area (Å²) < 4.78 is 0. The van der Waals surface area contributed by atoms with Crippen LogP contribution in [-0.2, 0) is 6.54 Å². The van der Waals surface area contributed by atoms with Gasteiger partial charge in [0, 0.05) is 37.3 Å². The van der Waals surface area contributed by atoms with Gasteiger partial charge in [-0.3, -0.25) is 4.90 Å². The van der Waals surface area contributed by atoms with Crippen LogP contribution in [0.1, 0.15) is 36.8 Å². The third-order valence-electron chi connectivity index (χ3n) is 6.05. The Morgan fingerprint density at radius 3 is 2.46 bits per heavy atom. The Morgan fingerprint density at radius 1 is 1.25 bits per heavy atom. The monoisotopic (exact) mass is 328 g/mol. The number of amidine groups is 1. The molecule has 1 heterocycles. The summed E-state index contributed by atoms with van der Waals surface area (Å²) in [5.74, 6) is 11.2. The predicted octanol–water partition coefficient (Wildman–Crippen LogP) is 0.829. The van der Waals surface area contributed by atoms with Crippen LogP contribution in [0.25, 0.3) is 0 Å². The molecule has 0 amide bonds. The van der Waals surface area contributed by atoms with Gasteiger partial charge in [-0.15, -0.1) is 0 Å². The van der Waals surface area contributed by atoms with E-state index in [0.717, 1.165) is 24.2 Å². The number of hydrogen-bond donors (Lipinski definition) is 3. The van der Waals surface area contributed by atoms with Crippen LogP contribution in [0.15, 0.2) is 29.4 Å². The van der Waals surface area contributed by atoms with Gasteiger partial charge >= 0.3 is 0 Å². The molecule has 130 valence electrons. The lowest BCUT2D eigenvalue weighted by Crippen LogP contribution is -2.65. The molecule has 2 aliphatic carbocycles. The Morgan fingerprint density at radius 2 is 1.92 bits per heavy atom. The fourth-order valence-electron chi connectivity index (χ4n) is 4.50. The third kappa shape index (κ3) is 2.90. The molecule has 6 nitrogen and oxygen atoms in total. The van der Waals surface area contributed by atoms with Crippen LogP contribution in [-0.4, -0.2) is 47.9 Å². The zero-order chi connectivity index (χ0) is 16.7. The van der Waals surface area contributed by atoms with Crippen molar-refractivity contribution < 1.29 is 0 Å². The summed E-state index contributed by atoms with van der Waals surface area (Å²) in [6.45, 7) is 3.53. The SMILES string of the molecule is CN(C1CC1)C1CC2(C1)CN(Cc1ccc(/C(=N/N)NN)cc1)C2. The van der Waals surface area contributed by atoms with E-state index in [0.29, 0.717) is 11.3 Å². The van der Waals surface area contributed by atoms with Crippen LogP contribution in [0.4, 0.5) is 0 Å². The molecular formula is C18H28N6. The van der Waals surface area contributed by atoms with Crippen molar-refractivity contribution in [2.75, 3.05) is 20.1 Å². The molecule has 1 aromatic rings. The number of nitrogens with one attached hydrogen (secondary N) is 1. The molecule has 2 saturated carbocycles. The average Bonchev–Trinajstić information content (AvgIpc) is 3.35. The van der Waals surface area contributed by atoms with E-state index in [9.17, 15) is 0 Å². The Balaban J connectivity index is 1.25. The number of benzene rings is 1. The highest BCUT2D eigenvalue weighted by Crippen LogP contribution is 2.51. The molecule has 24 heavy (non-hydrogen) atoms. The standard InChI is InChI=1S/C18H28N6/c1-23(15-6-7-15)16-8-18(9-16)11-24(12-18)10-13-2-4-14(5-3-13)17(21-19)22-20/h2-5,15-16H,6-12,19-20H2,1H3,(H,21,22). The van der Waals surface area contributed by atoms with Gasteiger partial charge in [-0.05, 0) is 43.7 Å². The third-order valence-corrected chi connectivity index (χ3v) is 6.05. The number of rotatable bonds is 5. The average molecular weight is 328 g/mol. The van der Waals surface area contributed by atoms with Gasteiger partial charge in [0.2, 0.25) is 0 Å². The van der Waals surface area contributed by atoms with Crippen molar-refractivity contribution in [1.82, 2.24) is 15.2 Å². The van der Waals surface area contributed by atoms with E-state index in [1.54, 1.807) is 0 Å². The summed E-state index contributed by atoms with van der Waals surface area (Å²) in [6, 6.07) is 10.0. The highest BCUT2D eigenvalue weighted by Gasteiger charge is 2.54. The Bertz CT molecular complexity index is 607. The van der Waals surface area contributed by atoms with Gasteiger partial charge in [0.15, 0.2) is 5.84 Å². The Hall–Kier alpha value is -1.63. The predicted molar refractivity (Wildman–Crippen MR) is 96.0 cm³/mol. The molecular weight excluding hydrogens is 300 g/mol. The van der Waals surface area contributed by atoms with Crippen LogP contribution >= 0.6 is 0 Å². The summed E-state index contributed by atoms with van der Waals surface area (Å²) in [5.41, 5.74) is 5.37. The largest absolute Gasteiger partial charge is 0.321 e. The van der Waals surface area contributed by atoms with E-state index in [2.05, 4.69) is 39.5 Å². The van der Waals surface area contributed by atoms with E-state index >= 15 is 0 Å². The van der Waals surface area contributed by atoms with Crippen molar-refractivity contribution in [3.63, 3.8) is 0 Å². The number of hydrazine groups is 1. The Kier molecular flexibility index (Phi) is 3.98. The topological polar surface area (TPSA) is 82.9 Å². The van der Waals surface area contributed by atoms with E-state index < -0.39 is 0 Å². The second-order valence-electron chi connectivity index (χ2n) is 7.92. The fraction of sp³-hybridized carbons (Fsp3) is 0.611. The van der Waals surface area contributed by atoms with Crippen molar-refractivity contribution in [2.24, 2.45) is 22.2 Å². The van der Waals surface area contributed by atoms with Crippen LogP contribution < -0.4 is 17.1 Å². The highest BCUT2D eigenvalue weighted by molar-refractivity contribution is 5.98. The maximum atomic E-state index is 5.40. The molecule has 5 N–H and O–H groups in total. The van der Waals surface area contributed by atoms with Gasteiger partial charge in [0.1, 0.15) is 0 Å². The van der Waals surface area contributed by atoms with E-state index in [1.807, 2.05) is 12.1 Å². The second-order valence-corrected chi connectivity index (χ2v) is 7.92. The summed E-state index contributed by atoms with van der Waals surface area (Å²) in [6.07, 6.45) is 5.62. The number of hydrazone groups is 1. The molecule has 3 fully saturated rings. The molecule has 0 unspecified atom stereocenters. The fourth-order valence-corrected chi connectivity index (χ4v) is 4.50. The van der Waals surface area contributed by atoms with Gasteiger partial charge in [-0.2, -0.15) is 5.10 Å². The first-order valence-electron chi connectivity index (χ1n) is 8.90. The number of nitrogens with zero attached hydrogens (tertiary/aromatic N) is 3. The van der Waals surface area contributed by atoms with E-state index in [-0.39, 0.29) is 0 Å². The lowest BCUT2D eigenvalue weighted by molar-refractivity contribution is -0.109. The minimum Gasteiger partial charge on any atom is -0.321 e. The lowest BCUT2D eigenvalue weighted by atomic mass is 9.60. The van der Waals surface area contributed by atoms with Crippen LogP contribution in [0.3, 0.4) is 0 Å². The number of hydrogen-bond acceptors (Lipinski definition) is 5. The molecule has 0 atom stereocenters. The number of likely N-dealkylation sites (tertiary alicyclic amines) is 1. The van der Waals surface area contributed by atoms with Crippen molar-refractivity contribution in [3.8, 4) is 0 Å². The molecule has 1 saturated heterocycles. The molecule has 3 aliphatic rings. The molecule has 1 aromatic carbocycles. The zero-order valence-electron chi connectivity index (χ0n) is 14.4. The van der Waals surface area contributed by atoms with Gasteiger partial charge in [-0.25, -0.2) is 5.84 Å². The van der Waals surface area contributed by atoms with Crippen molar-refractivity contribution in [3.05, 3.63) is 35.4 Å². The summed E-state index contributed by atoms with van der Waals surface area (Å²) in [7, 11) is 2.32. The molecule has 1 spiro atoms. The second kappa shape index (κ2) is 6.02. The molecule has 1 aliphatic heterocycles. The van der Waals surface area contributed by atoms with Crippen LogP contribution in [0, 0.1) is 5.41 Å². The zero-order valence-corrected chi connectivity index (χ0v) is 14.4. The Labute approximate surface area is 143 Å². The van der Waals surface area contributed by atoms with Crippen LogP contribution in [0.5, 0.6) is 0 Å². The van der Waals surface area contributed by atoms with Gasteiger partial charge < -0.3 is 16.2 Å². The maximum absolute atomic E-state index is 5.40. The van der Waals surface area contributed by atoms with Crippen molar-refractivity contribution in [1.29, 1.82) is 0 Å². The smallest absolute Gasteiger partial charge is 0.166 e. The molecule has 6 heteroatoms. The van der Waals surface area contributed by atoms with Crippen molar-refractivity contribution >= 4 is 5.84 Å². The van der Waals surface area contributed by atoms with Crippen molar-refractivity contribution in [2.45, 2.75) is 44.3 Å². The first-order valence-corrected chi connectivity index (χ1v) is 8.90. The molecule has 0 bridgehead atoms. The highest BCUT2D eigenvalue weighted by atomic mass is 15.3. The van der Waals surface area contributed by atoms with Gasteiger partial charge in [0.05, 0.1) is 0 Å². The van der Waals surface area contributed by atoms with Crippen LogP contribution in [0.2, 0.25) is 0 Å². The maximum Gasteiger partial charge on any atom is 0.166 e. The first-order chi connectivity index (χ1) is 11.6. The quantitative estimate of drug-likeness (QED) is 0.323.